The molecule has 1 aliphatic carbocycles. The van der Waals surface area contributed by atoms with E-state index in [-0.39, 0.29) is 6.61 Å². The fraction of sp³-hybridized carbons (Fsp3) is 0.269. The number of rotatable bonds is 9. The minimum atomic E-state index is -1.19. The lowest BCUT2D eigenvalue weighted by Crippen LogP contribution is -2.28. The molecule has 1 aliphatic rings. The number of esters is 1. The minimum Gasteiger partial charge on any atom is -0.494 e. The van der Waals surface area contributed by atoms with Crippen LogP contribution in [0.5, 0.6) is 11.5 Å². The molecule has 0 aromatic heterocycles. The second kappa shape index (κ2) is 9.43. The molecule has 0 bridgehead atoms. The van der Waals surface area contributed by atoms with Gasteiger partial charge in [0.15, 0.2) is 0 Å². The molecule has 0 N–H and O–H groups in total. The summed E-state index contributed by atoms with van der Waals surface area (Å²) in [5.41, 5.74) is 1.50. The Morgan fingerprint density at radius 1 is 0.844 bits per heavy atom. The van der Waals surface area contributed by atoms with Gasteiger partial charge >= 0.3 is 5.97 Å². The van der Waals surface area contributed by atoms with Crippen LogP contribution in [0.1, 0.15) is 30.0 Å². The zero-order chi connectivity index (χ0) is 22.6. The van der Waals surface area contributed by atoms with E-state index in [4.69, 9.17) is 37.4 Å². The summed E-state index contributed by atoms with van der Waals surface area (Å²) in [6.07, 6.45) is 0.306. The van der Waals surface area contributed by atoms with Gasteiger partial charge in [0.1, 0.15) is 34.5 Å². The highest BCUT2D eigenvalue weighted by molar-refractivity contribution is 6.54. The van der Waals surface area contributed by atoms with Gasteiger partial charge in [-0.2, -0.15) is 0 Å². The van der Waals surface area contributed by atoms with E-state index in [1.54, 1.807) is 0 Å². The molecule has 32 heavy (non-hydrogen) atoms. The van der Waals surface area contributed by atoms with E-state index < -0.39 is 15.7 Å². The lowest BCUT2D eigenvalue weighted by molar-refractivity contribution is -0.148. The Balaban J connectivity index is 1.41. The first kappa shape index (κ1) is 22.5. The van der Waals surface area contributed by atoms with Gasteiger partial charge in [-0.05, 0) is 53.9 Å². The van der Waals surface area contributed by atoms with E-state index in [9.17, 15) is 4.79 Å². The molecule has 1 unspecified atom stereocenters. The lowest BCUT2D eigenvalue weighted by atomic mass is 9.96. The van der Waals surface area contributed by atoms with Gasteiger partial charge in [0, 0.05) is 6.42 Å². The Morgan fingerprint density at radius 3 is 2.09 bits per heavy atom. The summed E-state index contributed by atoms with van der Waals surface area (Å²) < 4.78 is 15.7. The van der Waals surface area contributed by atoms with Crippen LogP contribution in [0.25, 0.3) is 0 Å². The lowest BCUT2D eigenvalue weighted by Gasteiger charge is -2.18. The third-order valence-corrected chi connectivity index (χ3v) is 6.42. The molecule has 3 aromatic carbocycles. The molecule has 3 aromatic rings. The molecule has 0 spiro atoms. The summed E-state index contributed by atoms with van der Waals surface area (Å²) >= 11 is 12.8. The third kappa shape index (κ3) is 4.72. The molecule has 1 saturated carbocycles. The molecular formula is C26H24Cl2O4. The summed E-state index contributed by atoms with van der Waals surface area (Å²) in [6, 6.07) is 24.6. The Morgan fingerprint density at radius 2 is 1.47 bits per heavy atom. The number of carbonyl (C=O) groups is 1. The van der Waals surface area contributed by atoms with Gasteiger partial charge in [-0.25, -0.2) is 0 Å². The first-order chi connectivity index (χ1) is 15.4. The summed E-state index contributed by atoms with van der Waals surface area (Å²) in [5, 5.41) is 0. The van der Waals surface area contributed by atoms with Gasteiger partial charge in [0.05, 0.1) is 6.61 Å². The van der Waals surface area contributed by atoms with Crippen molar-refractivity contribution in [1.82, 2.24) is 0 Å². The van der Waals surface area contributed by atoms with Crippen molar-refractivity contribution in [3.63, 3.8) is 0 Å². The molecule has 0 radical (unpaired) electrons. The number of para-hydroxylation sites is 1. The van der Waals surface area contributed by atoms with E-state index >= 15 is 0 Å². The molecule has 166 valence electrons. The van der Waals surface area contributed by atoms with Crippen molar-refractivity contribution < 1.29 is 19.0 Å². The molecule has 4 rings (SSSR count). The second-order valence-electron chi connectivity index (χ2n) is 7.74. The van der Waals surface area contributed by atoms with Crippen LogP contribution in [-0.2, 0) is 28.2 Å². The Hall–Kier alpha value is -2.69. The van der Waals surface area contributed by atoms with Gasteiger partial charge in [-0.3, -0.25) is 4.79 Å². The van der Waals surface area contributed by atoms with Crippen LogP contribution in [0, 0.1) is 0 Å². The van der Waals surface area contributed by atoms with E-state index in [2.05, 4.69) is 0 Å². The molecule has 0 saturated heterocycles. The molecule has 1 atom stereocenters. The van der Waals surface area contributed by atoms with Gasteiger partial charge < -0.3 is 14.2 Å². The van der Waals surface area contributed by atoms with Gasteiger partial charge in [0.2, 0.25) is 0 Å². The Bertz CT molecular complexity index is 1070. The smallest absolute Gasteiger partial charge is 0.320 e. The number of carbonyl (C=O) groups excluding carboxylic acids is 1. The van der Waals surface area contributed by atoms with Crippen LogP contribution in [-0.4, -0.2) is 16.9 Å². The quantitative estimate of drug-likeness (QED) is 0.275. The van der Waals surface area contributed by atoms with Crippen molar-refractivity contribution in [1.29, 1.82) is 0 Å². The molecule has 0 aliphatic heterocycles. The third-order valence-electron chi connectivity index (χ3n) is 5.50. The van der Waals surface area contributed by atoms with Gasteiger partial charge in [-0.15, -0.1) is 0 Å². The monoisotopic (exact) mass is 470 g/mol. The molecule has 4 nitrogen and oxygen atoms in total. The van der Waals surface area contributed by atoms with Crippen LogP contribution in [0.15, 0.2) is 78.9 Å². The van der Waals surface area contributed by atoms with E-state index in [1.807, 2.05) is 85.8 Å². The summed E-state index contributed by atoms with van der Waals surface area (Å²) in [7, 11) is 0. The predicted molar refractivity (Wildman–Crippen MR) is 125 cm³/mol. The number of halogens is 2. The van der Waals surface area contributed by atoms with E-state index in [1.165, 1.54) is 0 Å². The molecule has 0 heterocycles. The van der Waals surface area contributed by atoms with Crippen molar-refractivity contribution in [2.24, 2.45) is 0 Å². The number of hydrogen-bond acceptors (Lipinski definition) is 4. The topological polar surface area (TPSA) is 44.8 Å². The average molecular weight is 471 g/mol. The average Bonchev–Trinajstić information content (AvgIpc) is 3.41. The zero-order valence-corrected chi connectivity index (χ0v) is 19.2. The standard InChI is InChI=1S/C26H24Cl2O4/c1-2-30-23-13-11-21(12-14-23)25(18-26(25,27)28)24(29)32-17-20-8-6-7-19(15-20)16-31-22-9-4-3-5-10-22/h3-15H,2,16-18H2,1H3. The highest BCUT2D eigenvalue weighted by Gasteiger charge is 2.73. The Labute approximate surface area is 198 Å². The van der Waals surface area contributed by atoms with Crippen LogP contribution in [0.3, 0.4) is 0 Å². The normalized spacial score (nSPS) is 18.6. The van der Waals surface area contributed by atoms with Crippen LogP contribution >= 0.6 is 23.2 Å². The molecular weight excluding hydrogens is 447 g/mol. The van der Waals surface area contributed by atoms with Crippen molar-refractivity contribution in [3.8, 4) is 11.5 Å². The highest BCUT2D eigenvalue weighted by Crippen LogP contribution is 2.65. The maximum Gasteiger partial charge on any atom is 0.320 e. The summed E-state index contributed by atoms with van der Waals surface area (Å²) in [6.45, 7) is 3.03. The van der Waals surface area contributed by atoms with Crippen molar-refractivity contribution in [3.05, 3.63) is 95.6 Å². The highest BCUT2D eigenvalue weighted by atomic mass is 35.5. The number of hydrogen-bond donors (Lipinski definition) is 0. The molecule has 0 amide bonds. The second-order valence-corrected chi connectivity index (χ2v) is 9.23. The van der Waals surface area contributed by atoms with Crippen LogP contribution in [0.2, 0.25) is 0 Å². The largest absolute Gasteiger partial charge is 0.494 e. The fourth-order valence-corrected chi connectivity index (χ4v) is 4.48. The van der Waals surface area contributed by atoms with Crippen molar-refractivity contribution in [2.75, 3.05) is 6.61 Å². The minimum absolute atomic E-state index is 0.126. The zero-order valence-electron chi connectivity index (χ0n) is 17.7. The maximum absolute atomic E-state index is 13.1. The van der Waals surface area contributed by atoms with E-state index in [0.717, 1.165) is 28.2 Å². The molecule has 1 fully saturated rings. The molecule has 6 heteroatoms. The SMILES string of the molecule is CCOc1ccc(C2(C(=O)OCc3cccc(COc4ccccc4)c3)CC2(Cl)Cl)cc1. The summed E-state index contributed by atoms with van der Waals surface area (Å²) in [5.74, 6) is 1.10. The van der Waals surface area contributed by atoms with Crippen molar-refractivity contribution >= 4 is 29.2 Å². The summed E-state index contributed by atoms with van der Waals surface area (Å²) in [4.78, 5) is 13.1. The number of ether oxygens (including phenoxy) is 3. The Kier molecular flexibility index (Phi) is 6.63. The van der Waals surface area contributed by atoms with Gasteiger partial charge in [-0.1, -0.05) is 71.7 Å². The van der Waals surface area contributed by atoms with Crippen LogP contribution in [0.4, 0.5) is 0 Å². The number of benzene rings is 3. The first-order valence-corrected chi connectivity index (χ1v) is 11.2. The van der Waals surface area contributed by atoms with Gasteiger partial charge in [0.25, 0.3) is 0 Å². The van der Waals surface area contributed by atoms with Crippen LogP contribution < -0.4 is 9.47 Å². The fourth-order valence-electron chi connectivity index (χ4n) is 3.71. The van der Waals surface area contributed by atoms with Crippen molar-refractivity contribution in [2.45, 2.75) is 36.3 Å². The van der Waals surface area contributed by atoms with E-state index in [0.29, 0.717) is 19.6 Å². The number of alkyl halides is 2. The first-order valence-electron chi connectivity index (χ1n) is 10.5. The maximum atomic E-state index is 13.1. The predicted octanol–water partition coefficient (Wildman–Crippen LogP) is 6.22.